The summed E-state index contributed by atoms with van der Waals surface area (Å²) in [6.07, 6.45) is 1.80. The number of ether oxygens (including phenoxy) is 2. The maximum atomic E-state index is 11.6. The van der Waals surface area contributed by atoms with Crippen LogP contribution in [0.4, 0.5) is 10.5 Å². The third-order valence-electron chi connectivity index (χ3n) is 2.50. The molecule has 102 valence electrons. The molecule has 0 aromatic heterocycles. The lowest BCUT2D eigenvalue weighted by molar-refractivity contribution is 0.0804. The molecular weight excluding hydrogens is 246 g/mol. The highest BCUT2D eigenvalue weighted by atomic mass is 16.5. The Morgan fingerprint density at radius 2 is 2.00 bits per heavy atom. The predicted octanol–water partition coefficient (Wildman–Crippen LogP) is 1.23. The number of carbonyl (C=O) groups excluding carboxylic acids is 1. The Kier molecular flexibility index (Phi) is 4.77. The molecule has 6 nitrogen and oxygen atoms in total. The second kappa shape index (κ2) is 6.77. The van der Waals surface area contributed by atoms with Crippen molar-refractivity contribution in [3.63, 3.8) is 0 Å². The van der Waals surface area contributed by atoms with Gasteiger partial charge in [0.25, 0.3) is 0 Å². The minimum Gasteiger partial charge on any atom is -0.382 e. The van der Waals surface area contributed by atoms with Gasteiger partial charge in [0.1, 0.15) is 0 Å². The van der Waals surface area contributed by atoms with Gasteiger partial charge in [0.15, 0.2) is 0 Å². The van der Waals surface area contributed by atoms with E-state index in [1.165, 1.54) is 0 Å². The molecule has 0 fully saturated rings. The minimum atomic E-state index is -0.281. The van der Waals surface area contributed by atoms with Crippen LogP contribution in [0.25, 0.3) is 0 Å². The van der Waals surface area contributed by atoms with Crippen LogP contribution in [0.1, 0.15) is 0 Å². The topological polar surface area (TPSA) is 62.8 Å². The molecule has 1 aliphatic rings. The molecule has 2 rings (SSSR count). The molecule has 1 heterocycles. The van der Waals surface area contributed by atoms with Crippen LogP contribution >= 0.6 is 0 Å². The molecular formula is C13H17N3O3. The molecule has 0 unspecified atom stereocenters. The van der Waals surface area contributed by atoms with Gasteiger partial charge < -0.3 is 14.8 Å². The molecule has 6 heteroatoms. The Morgan fingerprint density at radius 3 is 2.74 bits per heavy atom. The molecule has 1 aromatic rings. The quantitative estimate of drug-likeness (QED) is 0.758. The number of anilines is 1. The van der Waals surface area contributed by atoms with Gasteiger partial charge in [0.05, 0.1) is 31.2 Å². The smallest absolute Gasteiger partial charge is 0.338 e. The third kappa shape index (κ3) is 3.97. The number of hydrazine groups is 1. The molecule has 2 amide bonds. The van der Waals surface area contributed by atoms with Gasteiger partial charge in [-0.3, -0.25) is 5.01 Å². The summed E-state index contributed by atoms with van der Waals surface area (Å²) in [4.78, 5) is 11.6. The van der Waals surface area contributed by atoms with Crippen LogP contribution < -0.4 is 15.8 Å². The predicted molar refractivity (Wildman–Crippen MR) is 71.4 cm³/mol. The lowest BCUT2D eigenvalue weighted by Gasteiger charge is -2.27. The monoisotopic (exact) mass is 263 g/mol. The highest BCUT2D eigenvalue weighted by Gasteiger charge is 2.16. The van der Waals surface area contributed by atoms with Crippen molar-refractivity contribution in [3.05, 3.63) is 42.2 Å². The Balaban J connectivity index is 1.98. The number of methoxy groups -OCH3 is 1. The van der Waals surface area contributed by atoms with E-state index in [9.17, 15) is 4.79 Å². The van der Waals surface area contributed by atoms with E-state index in [0.717, 1.165) is 5.69 Å². The van der Waals surface area contributed by atoms with Gasteiger partial charge in [-0.15, -0.1) is 0 Å². The SMILES string of the molecule is COCCOCC1=CN(c2ccccc2)NC(=O)N1. The van der Waals surface area contributed by atoms with E-state index in [4.69, 9.17) is 9.47 Å². The lowest BCUT2D eigenvalue weighted by Crippen LogP contribution is -2.50. The zero-order valence-corrected chi connectivity index (χ0v) is 10.8. The van der Waals surface area contributed by atoms with Gasteiger partial charge in [0, 0.05) is 13.3 Å². The van der Waals surface area contributed by atoms with Crippen molar-refractivity contribution in [2.75, 3.05) is 31.9 Å². The number of urea groups is 1. The van der Waals surface area contributed by atoms with Crippen molar-refractivity contribution in [1.29, 1.82) is 0 Å². The molecule has 1 aliphatic heterocycles. The van der Waals surface area contributed by atoms with Crippen LogP contribution in [0.3, 0.4) is 0 Å². The Bertz CT molecular complexity index is 448. The fourth-order valence-corrected chi connectivity index (χ4v) is 1.63. The van der Waals surface area contributed by atoms with Crippen molar-refractivity contribution in [2.24, 2.45) is 0 Å². The molecule has 0 radical (unpaired) electrons. The zero-order chi connectivity index (χ0) is 13.5. The van der Waals surface area contributed by atoms with Gasteiger partial charge in [-0.05, 0) is 12.1 Å². The van der Waals surface area contributed by atoms with Crippen LogP contribution in [-0.4, -0.2) is 33.0 Å². The van der Waals surface area contributed by atoms with Gasteiger partial charge in [-0.2, -0.15) is 0 Å². The zero-order valence-electron chi connectivity index (χ0n) is 10.8. The second-order valence-corrected chi connectivity index (χ2v) is 3.97. The largest absolute Gasteiger partial charge is 0.382 e. The first-order chi connectivity index (χ1) is 9.29. The van der Waals surface area contributed by atoms with E-state index in [0.29, 0.717) is 25.5 Å². The van der Waals surface area contributed by atoms with Crippen LogP contribution in [-0.2, 0) is 9.47 Å². The summed E-state index contributed by atoms with van der Waals surface area (Å²) in [6.45, 7) is 1.35. The molecule has 0 aliphatic carbocycles. The highest BCUT2D eigenvalue weighted by molar-refractivity contribution is 5.80. The molecule has 0 atom stereocenters. The van der Waals surface area contributed by atoms with Crippen LogP contribution in [0, 0.1) is 0 Å². The Hall–Kier alpha value is -2.05. The fraction of sp³-hybridized carbons (Fsp3) is 0.308. The fourth-order valence-electron chi connectivity index (χ4n) is 1.63. The maximum Gasteiger partial charge on any atom is 0.338 e. The third-order valence-corrected chi connectivity index (χ3v) is 2.50. The summed E-state index contributed by atoms with van der Waals surface area (Å²) in [6, 6.07) is 9.28. The van der Waals surface area contributed by atoms with Crippen LogP contribution in [0.5, 0.6) is 0 Å². The summed E-state index contributed by atoms with van der Waals surface area (Å²) in [5, 5.41) is 4.36. The lowest BCUT2D eigenvalue weighted by atomic mass is 10.3. The molecule has 19 heavy (non-hydrogen) atoms. The number of rotatable bonds is 6. The van der Waals surface area contributed by atoms with E-state index in [1.54, 1.807) is 18.3 Å². The molecule has 0 spiro atoms. The van der Waals surface area contributed by atoms with Gasteiger partial charge in [0.2, 0.25) is 0 Å². The van der Waals surface area contributed by atoms with Crippen molar-refractivity contribution in [2.45, 2.75) is 0 Å². The number of nitrogens with one attached hydrogen (secondary N) is 2. The highest BCUT2D eigenvalue weighted by Crippen LogP contribution is 2.14. The number of benzene rings is 1. The molecule has 0 bridgehead atoms. The maximum absolute atomic E-state index is 11.6. The van der Waals surface area contributed by atoms with Crippen molar-refractivity contribution in [1.82, 2.24) is 10.7 Å². The molecule has 0 saturated carbocycles. The second-order valence-electron chi connectivity index (χ2n) is 3.97. The van der Waals surface area contributed by atoms with E-state index < -0.39 is 0 Å². The number of hydrogen-bond donors (Lipinski definition) is 2. The van der Waals surface area contributed by atoms with Gasteiger partial charge in [-0.25, -0.2) is 10.2 Å². The number of nitrogens with zero attached hydrogens (tertiary/aromatic N) is 1. The van der Waals surface area contributed by atoms with Gasteiger partial charge in [-0.1, -0.05) is 18.2 Å². The summed E-state index contributed by atoms with van der Waals surface area (Å²) in [7, 11) is 1.62. The summed E-state index contributed by atoms with van der Waals surface area (Å²) < 4.78 is 10.3. The van der Waals surface area contributed by atoms with Crippen molar-refractivity contribution < 1.29 is 14.3 Å². The standard InChI is InChI=1S/C13H17N3O3/c1-18-7-8-19-10-11-9-16(15-13(17)14-11)12-5-3-2-4-6-12/h2-6,9H,7-8,10H2,1H3,(H2,14,15,17). The normalized spacial score (nSPS) is 14.7. The van der Waals surface area contributed by atoms with E-state index in [2.05, 4.69) is 10.7 Å². The Morgan fingerprint density at radius 1 is 1.21 bits per heavy atom. The van der Waals surface area contributed by atoms with Gasteiger partial charge >= 0.3 is 6.03 Å². The summed E-state index contributed by atoms with van der Waals surface area (Å²) in [5.41, 5.74) is 4.27. The van der Waals surface area contributed by atoms with E-state index in [1.807, 2.05) is 30.3 Å². The van der Waals surface area contributed by atoms with Crippen LogP contribution in [0.15, 0.2) is 42.2 Å². The van der Waals surface area contributed by atoms with E-state index >= 15 is 0 Å². The van der Waals surface area contributed by atoms with Crippen molar-refractivity contribution in [3.8, 4) is 0 Å². The first-order valence-electron chi connectivity index (χ1n) is 5.99. The first-order valence-corrected chi connectivity index (χ1v) is 5.99. The minimum absolute atomic E-state index is 0.281. The molecule has 1 aromatic carbocycles. The molecule has 2 N–H and O–H groups in total. The number of amides is 2. The average Bonchev–Trinajstić information content (AvgIpc) is 2.44. The van der Waals surface area contributed by atoms with E-state index in [-0.39, 0.29) is 6.03 Å². The number of hydrogen-bond acceptors (Lipinski definition) is 4. The molecule has 0 saturated heterocycles. The van der Waals surface area contributed by atoms with Crippen molar-refractivity contribution >= 4 is 11.7 Å². The summed E-state index contributed by atoms with van der Waals surface area (Å²) >= 11 is 0. The first kappa shape index (κ1) is 13.4. The number of para-hydroxylation sites is 1. The Labute approximate surface area is 112 Å². The van der Waals surface area contributed by atoms with Crippen LogP contribution in [0.2, 0.25) is 0 Å². The number of carbonyl (C=O) groups is 1. The summed E-state index contributed by atoms with van der Waals surface area (Å²) in [5.74, 6) is 0. The average molecular weight is 263 g/mol.